The van der Waals surface area contributed by atoms with Crippen LogP contribution in [0.15, 0.2) is 0 Å². The highest BCUT2D eigenvalue weighted by Gasteiger charge is 1.99. The molecule has 0 aromatic rings. The maximum absolute atomic E-state index is 3.46. The highest BCUT2D eigenvalue weighted by atomic mass is 14.9. The summed E-state index contributed by atoms with van der Waals surface area (Å²) in [6, 6.07) is 0.714. The fourth-order valence-corrected chi connectivity index (χ4v) is 1.98. The summed E-state index contributed by atoms with van der Waals surface area (Å²) in [7, 11) is 0. The van der Waals surface area contributed by atoms with Gasteiger partial charge in [-0.2, -0.15) is 0 Å². The lowest BCUT2D eigenvalue weighted by Gasteiger charge is -2.11. The first kappa shape index (κ1) is 15.0. The van der Waals surface area contributed by atoms with Gasteiger partial charge >= 0.3 is 0 Å². The second-order valence-corrected chi connectivity index (χ2v) is 5.20. The van der Waals surface area contributed by atoms with Crippen LogP contribution >= 0.6 is 0 Å². The van der Waals surface area contributed by atoms with E-state index in [0.29, 0.717) is 6.04 Å². The van der Waals surface area contributed by atoms with Crippen LogP contribution in [-0.2, 0) is 0 Å². The number of rotatable bonds is 10. The monoisotopic (exact) mass is 213 g/mol. The molecule has 0 saturated carbocycles. The second kappa shape index (κ2) is 10.5. The zero-order valence-electron chi connectivity index (χ0n) is 11.3. The summed E-state index contributed by atoms with van der Waals surface area (Å²) in [4.78, 5) is 0. The van der Waals surface area contributed by atoms with Gasteiger partial charge in [-0.25, -0.2) is 0 Å². The normalized spacial score (nSPS) is 13.4. The van der Waals surface area contributed by atoms with Gasteiger partial charge in [0.05, 0.1) is 0 Å². The summed E-state index contributed by atoms with van der Waals surface area (Å²) in [6.45, 7) is 10.2. The Morgan fingerprint density at radius 3 is 1.87 bits per heavy atom. The minimum Gasteiger partial charge on any atom is -0.315 e. The first-order chi connectivity index (χ1) is 7.16. The molecule has 0 aliphatic rings. The Hall–Kier alpha value is -0.0400. The molecule has 1 N–H and O–H groups in total. The maximum atomic E-state index is 3.46. The molecule has 1 heteroatoms. The van der Waals surface area contributed by atoms with Crippen LogP contribution in [0.5, 0.6) is 0 Å². The van der Waals surface area contributed by atoms with Gasteiger partial charge in [0.1, 0.15) is 0 Å². The molecule has 0 rings (SSSR count). The standard InChI is InChI=1S/C14H31N/c1-5-15-14(4)12-10-8-6-7-9-11-13(2)3/h13-15H,5-12H2,1-4H3. The molecule has 0 aromatic heterocycles. The highest BCUT2D eigenvalue weighted by Crippen LogP contribution is 2.11. The predicted octanol–water partition coefficient (Wildman–Crippen LogP) is 4.37. The van der Waals surface area contributed by atoms with Crippen molar-refractivity contribution in [1.29, 1.82) is 0 Å². The van der Waals surface area contributed by atoms with Crippen molar-refractivity contribution < 1.29 is 0 Å². The van der Waals surface area contributed by atoms with Gasteiger partial charge in [-0.05, 0) is 25.8 Å². The Balaban J connectivity index is 3.04. The Morgan fingerprint density at radius 2 is 1.33 bits per heavy atom. The molecule has 15 heavy (non-hydrogen) atoms. The Labute approximate surface area is 97.0 Å². The Morgan fingerprint density at radius 1 is 0.800 bits per heavy atom. The lowest BCUT2D eigenvalue weighted by molar-refractivity contribution is 0.477. The molecule has 0 saturated heterocycles. The van der Waals surface area contributed by atoms with Crippen molar-refractivity contribution in [2.75, 3.05) is 6.54 Å². The molecule has 0 aliphatic heterocycles. The van der Waals surface area contributed by atoms with E-state index in [2.05, 4.69) is 33.0 Å². The summed E-state index contributed by atoms with van der Waals surface area (Å²) in [5.74, 6) is 0.888. The van der Waals surface area contributed by atoms with E-state index in [1.54, 1.807) is 0 Å². The number of hydrogen-bond donors (Lipinski definition) is 1. The SMILES string of the molecule is CCNC(C)CCCCCCCC(C)C. The largest absolute Gasteiger partial charge is 0.315 e. The number of unbranched alkanes of at least 4 members (excludes halogenated alkanes) is 4. The fourth-order valence-electron chi connectivity index (χ4n) is 1.98. The van der Waals surface area contributed by atoms with Crippen molar-refractivity contribution in [1.82, 2.24) is 5.32 Å². The van der Waals surface area contributed by atoms with E-state index >= 15 is 0 Å². The third kappa shape index (κ3) is 11.9. The fraction of sp³-hybridized carbons (Fsp3) is 1.00. The molecular formula is C14H31N. The van der Waals surface area contributed by atoms with E-state index in [1.807, 2.05) is 0 Å². The first-order valence-electron chi connectivity index (χ1n) is 6.90. The van der Waals surface area contributed by atoms with Crippen LogP contribution < -0.4 is 5.32 Å². The van der Waals surface area contributed by atoms with Gasteiger partial charge in [-0.1, -0.05) is 59.3 Å². The average molecular weight is 213 g/mol. The van der Waals surface area contributed by atoms with E-state index < -0.39 is 0 Å². The van der Waals surface area contributed by atoms with Crippen molar-refractivity contribution in [3.05, 3.63) is 0 Å². The molecule has 0 fully saturated rings. The molecule has 92 valence electrons. The molecular weight excluding hydrogens is 182 g/mol. The third-order valence-electron chi connectivity index (χ3n) is 2.97. The molecule has 1 atom stereocenters. The van der Waals surface area contributed by atoms with E-state index in [0.717, 1.165) is 12.5 Å². The van der Waals surface area contributed by atoms with E-state index in [-0.39, 0.29) is 0 Å². The van der Waals surface area contributed by atoms with Gasteiger partial charge in [-0.3, -0.25) is 0 Å². The van der Waals surface area contributed by atoms with E-state index in [9.17, 15) is 0 Å². The van der Waals surface area contributed by atoms with Crippen LogP contribution in [-0.4, -0.2) is 12.6 Å². The first-order valence-corrected chi connectivity index (χ1v) is 6.90. The minimum atomic E-state index is 0.714. The minimum absolute atomic E-state index is 0.714. The summed E-state index contributed by atoms with van der Waals surface area (Å²) in [6.07, 6.45) is 9.88. The Kier molecular flexibility index (Phi) is 10.4. The molecule has 0 bridgehead atoms. The van der Waals surface area contributed by atoms with Gasteiger partial charge in [0.25, 0.3) is 0 Å². The Bertz CT molecular complexity index is 121. The van der Waals surface area contributed by atoms with Crippen molar-refractivity contribution in [2.45, 2.75) is 78.7 Å². The summed E-state index contributed by atoms with van der Waals surface area (Å²) >= 11 is 0. The van der Waals surface area contributed by atoms with Crippen LogP contribution in [0.25, 0.3) is 0 Å². The van der Waals surface area contributed by atoms with Crippen molar-refractivity contribution >= 4 is 0 Å². The second-order valence-electron chi connectivity index (χ2n) is 5.20. The quantitative estimate of drug-likeness (QED) is 0.531. The summed E-state index contributed by atoms with van der Waals surface area (Å²) in [5, 5.41) is 3.46. The zero-order valence-corrected chi connectivity index (χ0v) is 11.3. The molecule has 1 unspecified atom stereocenters. The topological polar surface area (TPSA) is 12.0 Å². The lowest BCUT2D eigenvalue weighted by Crippen LogP contribution is -2.25. The molecule has 0 radical (unpaired) electrons. The van der Waals surface area contributed by atoms with Crippen LogP contribution in [0.1, 0.15) is 72.6 Å². The number of hydrogen-bond acceptors (Lipinski definition) is 1. The lowest BCUT2D eigenvalue weighted by atomic mass is 10.0. The van der Waals surface area contributed by atoms with Gasteiger partial charge < -0.3 is 5.32 Å². The van der Waals surface area contributed by atoms with Crippen LogP contribution in [0.2, 0.25) is 0 Å². The van der Waals surface area contributed by atoms with Crippen molar-refractivity contribution in [3.8, 4) is 0 Å². The molecule has 0 aromatic carbocycles. The van der Waals surface area contributed by atoms with E-state index in [1.165, 1.54) is 44.9 Å². The van der Waals surface area contributed by atoms with Gasteiger partial charge in [0, 0.05) is 6.04 Å². The summed E-state index contributed by atoms with van der Waals surface area (Å²) in [5.41, 5.74) is 0. The third-order valence-corrected chi connectivity index (χ3v) is 2.97. The molecule has 0 spiro atoms. The maximum Gasteiger partial charge on any atom is 0.00386 e. The summed E-state index contributed by atoms with van der Waals surface area (Å²) < 4.78 is 0. The highest BCUT2D eigenvalue weighted by molar-refractivity contribution is 4.59. The molecule has 0 aliphatic carbocycles. The predicted molar refractivity (Wildman–Crippen MR) is 70.3 cm³/mol. The van der Waals surface area contributed by atoms with Crippen molar-refractivity contribution in [3.63, 3.8) is 0 Å². The zero-order chi connectivity index (χ0) is 11.5. The van der Waals surface area contributed by atoms with Crippen LogP contribution in [0, 0.1) is 5.92 Å². The van der Waals surface area contributed by atoms with E-state index in [4.69, 9.17) is 0 Å². The van der Waals surface area contributed by atoms with Crippen LogP contribution in [0.4, 0.5) is 0 Å². The molecule has 0 amide bonds. The average Bonchev–Trinajstić information content (AvgIpc) is 2.16. The van der Waals surface area contributed by atoms with Gasteiger partial charge in [-0.15, -0.1) is 0 Å². The van der Waals surface area contributed by atoms with Gasteiger partial charge in [0.2, 0.25) is 0 Å². The number of nitrogens with one attached hydrogen (secondary N) is 1. The van der Waals surface area contributed by atoms with Crippen molar-refractivity contribution in [2.24, 2.45) is 5.92 Å². The molecule has 0 heterocycles. The van der Waals surface area contributed by atoms with Gasteiger partial charge in [0.15, 0.2) is 0 Å². The smallest absolute Gasteiger partial charge is 0.00386 e. The van der Waals surface area contributed by atoms with Crippen LogP contribution in [0.3, 0.4) is 0 Å². The molecule has 1 nitrogen and oxygen atoms in total.